The quantitative estimate of drug-likeness (QED) is 0.475. The molecule has 1 atom stereocenters. The van der Waals surface area contributed by atoms with Crippen LogP contribution in [-0.4, -0.2) is 30.7 Å². The van der Waals surface area contributed by atoms with Crippen LogP contribution in [0.1, 0.15) is 25.3 Å². The minimum Gasteiger partial charge on any atom is -0.377 e. The largest absolute Gasteiger partial charge is 0.377 e. The molecule has 1 heterocycles. The fourth-order valence-electron chi connectivity index (χ4n) is 2.63. The average Bonchev–Trinajstić information content (AvgIpc) is 2.47. The first-order chi connectivity index (χ1) is 9.65. The number of hydrogen-bond donors (Lipinski definition) is 0. The Hall–Kier alpha value is -1.33. The normalized spacial score (nSPS) is 19.1. The van der Waals surface area contributed by atoms with Crippen molar-refractivity contribution in [3.05, 3.63) is 33.9 Å². The summed E-state index contributed by atoms with van der Waals surface area (Å²) in [7, 11) is 0. The fourth-order valence-corrected chi connectivity index (χ4v) is 2.84. The molecule has 0 aromatic heterocycles. The number of piperidine rings is 1. The van der Waals surface area contributed by atoms with Gasteiger partial charge in [-0.05, 0) is 31.4 Å². The van der Waals surface area contributed by atoms with Gasteiger partial charge in [-0.15, -0.1) is 11.6 Å². The van der Waals surface area contributed by atoms with Crippen LogP contribution in [0.25, 0.3) is 0 Å². The van der Waals surface area contributed by atoms with E-state index >= 15 is 0 Å². The van der Waals surface area contributed by atoms with Crippen LogP contribution in [0, 0.1) is 10.1 Å². The fraction of sp³-hybridized carbons (Fsp3) is 0.571. The number of alkyl halides is 1. The van der Waals surface area contributed by atoms with Crippen molar-refractivity contribution in [1.29, 1.82) is 0 Å². The summed E-state index contributed by atoms with van der Waals surface area (Å²) in [5.41, 5.74) is 1.87. The lowest BCUT2D eigenvalue weighted by molar-refractivity contribution is -0.384. The van der Waals surface area contributed by atoms with Crippen molar-refractivity contribution >= 4 is 23.0 Å². The first kappa shape index (κ1) is 15.1. The Balaban J connectivity index is 2.20. The van der Waals surface area contributed by atoms with Gasteiger partial charge in [0.2, 0.25) is 0 Å². The van der Waals surface area contributed by atoms with Gasteiger partial charge >= 0.3 is 0 Å². The summed E-state index contributed by atoms with van der Waals surface area (Å²) in [6, 6.07) is 4.90. The molecule has 0 spiro atoms. The Bertz CT molecular complexity index is 479. The third-order valence-corrected chi connectivity index (χ3v) is 3.83. The number of anilines is 1. The van der Waals surface area contributed by atoms with Crippen molar-refractivity contribution < 1.29 is 9.66 Å². The van der Waals surface area contributed by atoms with Gasteiger partial charge in [-0.1, -0.05) is 0 Å². The van der Waals surface area contributed by atoms with E-state index in [4.69, 9.17) is 16.3 Å². The SMILES string of the molecule is CCOC1CCCN(c2ccc([N+](=O)[O-])cc2CCl)C1. The molecule has 1 fully saturated rings. The van der Waals surface area contributed by atoms with E-state index in [1.54, 1.807) is 12.1 Å². The molecule has 1 aliphatic rings. The van der Waals surface area contributed by atoms with E-state index in [0.29, 0.717) is 6.61 Å². The van der Waals surface area contributed by atoms with E-state index in [0.717, 1.165) is 37.2 Å². The van der Waals surface area contributed by atoms with Gasteiger partial charge in [0.15, 0.2) is 0 Å². The summed E-state index contributed by atoms with van der Waals surface area (Å²) >= 11 is 5.94. The molecule has 5 nitrogen and oxygen atoms in total. The van der Waals surface area contributed by atoms with E-state index in [2.05, 4.69) is 4.90 Å². The van der Waals surface area contributed by atoms with E-state index in [1.165, 1.54) is 6.07 Å². The Morgan fingerprint density at radius 3 is 3.00 bits per heavy atom. The lowest BCUT2D eigenvalue weighted by Crippen LogP contribution is -2.40. The second-order valence-electron chi connectivity index (χ2n) is 4.87. The van der Waals surface area contributed by atoms with Crippen molar-refractivity contribution in [2.24, 2.45) is 0 Å². The van der Waals surface area contributed by atoms with Gasteiger partial charge < -0.3 is 9.64 Å². The number of non-ortho nitro benzene ring substituents is 1. The summed E-state index contributed by atoms with van der Waals surface area (Å²) in [6.07, 6.45) is 2.35. The zero-order valence-electron chi connectivity index (χ0n) is 11.5. The van der Waals surface area contributed by atoms with Crippen LogP contribution >= 0.6 is 11.6 Å². The number of benzene rings is 1. The first-order valence-corrected chi connectivity index (χ1v) is 7.39. The van der Waals surface area contributed by atoms with E-state index in [-0.39, 0.29) is 22.6 Å². The monoisotopic (exact) mass is 298 g/mol. The van der Waals surface area contributed by atoms with Gasteiger partial charge in [0.1, 0.15) is 0 Å². The summed E-state index contributed by atoms with van der Waals surface area (Å²) < 4.78 is 5.69. The predicted molar refractivity (Wildman–Crippen MR) is 79.5 cm³/mol. The minimum atomic E-state index is -0.390. The molecule has 20 heavy (non-hydrogen) atoms. The Morgan fingerprint density at radius 2 is 2.35 bits per heavy atom. The lowest BCUT2D eigenvalue weighted by atomic mass is 10.1. The predicted octanol–water partition coefficient (Wildman–Crippen LogP) is 3.34. The third-order valence-electron chi connectivity index (χ3n) is 3.54. The molecule has 0 N–H and O–H groups in total. The van der Waals surface area contributed by atoms with Crippen LogP contribution in [0.5, 0.6) is 0 Å². The topological polar surface area (TPSA) is 55.6 Å². The Labute approximate surface area is 123 Å². The third kappa shape index (κ3) is 3.41. The Kier molecular flexibility index (Phi) is 5.20. The maximum absolute atomic E-state index is 10.8. The molecule has 0 aliphatic carbocycles. The molecule has 1 aromatic rings. The number of nitrogens with zero attached hydrogens (tertiary/aromatic N) is 2. The van der Waals surface area contributed by atoms with Crippen LogP contribution in [0.2, 0.25) is 0 Å². The van der Waals surface area contributed by atoms with Crippen LogP contribution in [-0.2, 0) is 10.6 Å². The lowest BCUT2D eigenvalue weighted by Gasteiger charge is -2.35. The van der Waals surface area contributed by atoms with Crippen molar-refractivity contribution in [1.82, 2.24) is 0 Å². The number of hydrogen-bond acceptors (Lipinski definition) is 4. The molecular formula is C14H19ClN2O3. The molecule has 0 radical (unpaired) electrons. The van der Waals surface area contributed by atoms with Gasteiger partial charge in [0.05, 0.1) is 11.0 Å². The van der Waals surface area contributed by atoms with Crippen molar-refractivity contribution in [2.75, 3.05) is 24.6 Å². The average molecular weight is 299 g/mol. The standard InChI is InChI=1S/C14H19ClN2O3/c1-2-20-13-4-3-7-16(10-13)14-6-5-12(17(18)19)8-11(14)9-15/h5-6,8,13H,2-4,7,9-10H2,1H3. The molecule has 0 amide bonds. The van der Waals surface area contributed by atoms with Crippen molar-refractivity contribution in [2.45, 2.75) is 31.7 Å². The van der Waals surface area contributed by atoms with Gasteiger partial charge in [-0.2, -0.15) is 0 Å². The van der Waals surface area contributed by atoms with Gasteiger partial charge in [0.25, 0.3) is 5.69 Å². The van der Waals surface area contributed by atoms with E-state index < -0.39 is 0 Å². The molecule has 0 bridgehead atoms. The highest BCUT2D eigenvalue weighted by atomic mass is 35.5. The summed E-state index contributed by atoms with van der Waals surface area (Å²) in [4.78, 5) is 12.6. The summed E-state index contributed by atoms with van der Waals surface area (Å²) in [5, 5.41) is 10.8. The molecule has 1 aliphatic heterocycles. The van der Waals surface area contributed by atoms with Crippen molar-refractivity contribution in [3.63, 3.8) is 0 Å². The zero-order chi connectivity index (χ0) is 14.5. The molecule has 0 saturated carbocycles. The highest BCUT2D eigenvalue weighted by molar-refractivity contribution is 6.17. The van der Waals surface area contributed by atoms with Gasteiger partial charge in [0, 0.05) is 43.4 Å². The zero-order valence-corrected chi connectivity index (χ0v) is 12.3. The number of rotatable bonds is 5. The number of nitro benzene ring substituents is 1. The maximum atomic E-state index is 10.8. The van der Waals surface area contributed by atoms with E-state index in [9.17, 15) is 10.1 Å². The second-order valence-corrected chi connectivity index (χ2v) is 5.14. The second kappa shape index (κ2) is 6.90. The molecule has 2 rings (SSSR count). The van der Waals surface area contributed by atoms with Crippen LogP contribution < -0.4 is 4.90 Å². The Morgan fingerprint density at radius 1 is 1.55 bits per heavy atom. The van der Waals surface area contributed by atoms with Gasteiger partial charge in [-0.3, -0.25) is 10.1 Å². The summed E-state index contributed by atoms with van der Waals surface area (Å²) in [6.45, 7) is 4.46. The molecule has 6 heteroatoms. The molecule has 1 aromatic carbocycles. The smallest absolute Gasteiger partial charge is 0.269 e. The first-order valence-electron chi connectivity index (χ1n) is 6.85. The van der Waals surface area contributed by atoms with Gasteiger partial charge in [-0.25, -0.2) is 0 Å². The highest BCUT2D eigenvalue weighted by Crippen LogP contribution is 2.29. The van der Waals surface area contributed by atoms with E-state index in [1.807, 2.05) is 6.92 Å². The number of halogens is 1. The molecular weight excluding hydrogens is 280 g/mol. The van der Waals surface area contributed by atoms with Crippen LogP contribution in [0.15, 0.2) is 18.2 Å². The molecule has 110 valence electrons. The molecule has 1 saturated heterocycles. The maximum Gasteiger partial charge on any atom is 0.269 e. The minimum absolute atomic E-state index is 0.0859. The van der Waals surface area contributed by atoms with Crippen LogP contribution in [0.3, 0.4) is 0 Å². The number of ether oxygens (including phenoxy) is 1. The highest BCUT2D eigenvalue weighted by Gasteiger charge is 2.22. The number of nitro groups is 1. The van der Waals surface area contributed by atoms with Crippen LogP contribution in [0.4, 0.5) is 11.4 Å². The van der Waals surface area contributed by atoms with Crippen molar-refractivity contribution in [3.8, 4) is 0 Å². The molecule has 1 unspecified atom stereocenters. The summed E-state index contributed by atoms with van der Waals surface area (Å²) in [5.74, 6) is 0.271.